The molecule has 4 nitrogen and oxygen atoms in total. The van der Waals surface area contributed by atoms with Crippen molar-refractivity contribution in [1.82, 2.24) is 14.9 Å². The van der Waals surface area contributed by atoms with E-state index in [1.54, 1.807) is 13.0 Å². The van der Waals surface area contributed by atoms with Gasteiger partial charge in [0, 0.05) is 31.6 Å². The molecule has 0 aliphatic carbocycles. The van der Waals surface area contributed by atoms with E-state index in [1.807, 2.05) is 11.8 Å². The van der Waals surface area contributed by atoms with Gasteiger partial charge in [-0.3, -0.25) is 4.79 Å². The Morgan fingerprint density at radius 1 is 1.53 bits per heavy atom. The Morgan fingerprint density at radius 3 is 2.94 bits per heavy atom. The van der Waals surface area contributed by atoms with E-state index in [4.69, 9.17) is 11.6 Å². The van der Waals surface area contributed by atoms with Gasteiger partial charge < -0.3 is 4.90 Å². The van der Waals surface area contributed by atoms with E-state index in [0.717, 1.165) is 30.9 Å². The normalized spacial score (nSPS) is 20.4. The number of carbonyl (C=O) groups is 1. The van der Waals surface area contributed by atoms with Gasteiger partial charge in [0.05, 0.1) is 0 Å². The van der Waals surface area contributed by atoms with Crippen LogP contribution in [0, 0.1) is 6.92 Å². The van der Waals surface area contributed by atoms with Crippen molar-refractivity contribution in [3.05, 3.63) is 22.7 Å². The van der Waals surface area contributed by atoms with Gasteiger partial charge in [0.2, 0.25) is 5.91 Å². The van der Waals surface area contributed by atoms with Crippen LogP contribution in [-0.2, 0) is 4.79 Å². The number of hydrogen-bond donors (Lipinski definition) is 0. The zero-order chi connectivity index (χ0) is 12.4. The number of piperidine rings is 1. The number of aromatic nitrogens is 2. The molecule has 92 valence electrons. The Balaban J connectivity index is 2.18. The van der Waals surface area contributed by atoms with Gasteiger partial charge in [-0.15, -0.1) is 0 Å². The summed E-state index contributed by atoms with van der Waals surface area (Å²) in [5.74, 6) is 1.10. The summed E-state index contributed by atoms with van der Waals surface area (Å²) in [7, 11) is 0. The topological polar surface area (TPSA) is 46.1 Å². The third kappa shape index (κ3) is 2.94. The van der Waals surface area contributed by atoms with Crippen LogP contribution in [0.3, 0.4) is 0 Å². The highest BCUT2D eigenvalue weighted by Crippen LogP contribution is 2.25. The summed E-state index contributed by atoms with van der Waals surface area (Å²) in [6.45, 7) is 5.05. The number of likely N-dealkylation sites (tertiary alicyclic amines) is 1. The summed E-state index contributed by atoms with van der Waals surface area (Å²) in [5.41, 5.74) is 0.875. The molecule has 0 radical (unpaired) electrons. The first-order valence-corrected chi connectivity index (χ1v) is 6.20. The molecule has 0 saturated carbocycles. The van der Waals surface area contributed by atoms with Crippen LogP contribution in [0.15, 0.2) is 6.07 Å². The maximum atomic E-state index is 11.4. The van der Waals surface area contributed by atoms with Crippen molar-refractivity contribution in [1.29, 1.82) is 0 Å². The highest BCUT2D eigenvalue weighted by atomic mass is 35.5. The molecule has 5 heteroatoms. The van der Waals surface area contributed by atoms with Gasteiger partial charge in [0.25, 0.3) is 0 Å². The third-order valence-electron chi connectivity index (χ3n) is 3.07. The summed E-state index contributed by atoms with van der Waals surface area (Å²) in [4.78, 5) is 21.9. The molecule has 0 aromatic carbocycles. The van der Waals surface area contributed by atoms with Crippen molar-refractivity contribution in [3.63, 3.8) is 0 Å². The van der Waals surface area contributed by atoms with Crippen LogP contribution >= 0.6 is 11.6 Å². The van der Waals surface area contributed by atoms with Crippen molar-refractivity contribution in [2.75, 3.05) is 13.1 Å². The number of hydrogen-bond acceptors (Lipinski definition) is 3. The molecule has 1 atom stereocenters. The minimum atomic E-state index is 0.119. The average molecular weight is 254 g/mol. The van der Waals surface area contributed by atoms with Crippen LogP contribution in [0.25, 0.3) is 0 Å². The monoisotopic (exact) mass is 253 g/mol. The first-order chi connectivity index (χ1) is 8.06. The lowest BCUT2D eigenvalue weighted by Gasteiger charge is -2.31. The van der Waals surface area contributed by atoms with E-state index in [0.29, 0.717) is 11.7 Å². The van der Waals surface area contributed by atoms with E-state index < -0.39 is 0 Å². The first-order valence-electron chi connectivity index (χ1n) is 5.83. The van der Waals surface area contributed by atoms with Crippen molar-refractivity contribution < 1.29 is 4.79 Å². The maximum Gasteiger partial charge on any atom is 0.219 e. The molecule has 1 amide bonds. The lowest BCUT2D eigenvalue weighted by molar-refractivity contribution is -0.130. The number of rotatable bonds is 1. The van der Waals surface area contributed by atoms with Crippen LogP contribution in [0.4, 0.5) is 0 Å². The van der Waals surface area contributed by atoms with E-state index in [2.05, 4.69) is 9.97 Å². The Kier molecular flexibility index (Phi) is 3.62. The molecule has 1 fully saturated rings. The standard InChI is InChI=1S/C12H16ClN3O/c1-8-6-11(13)15-12(14-8)10-4-3-5-16(7-10)9(2)17/h6,10H,3-5,7H2,1-2H3. The molecule has 0 bridgehead atoms. The average Bonchev–Trinajstić information content (AvgIpc) is 2.28. The van der Waals surface area contributed by atoms with E-state index in [9.17, 15) is 4.79 Å². The molecular weight excluding hydrogens is 238 g/mol. The zero-order valence-electron chi connectivity index (χ0n) is 10.1. The van der Waals surface area contributed by atoms with Crippen LogP contribution in [0.1, 0.15) is 37.2 Å². The van der Waals surface area contributed by atoms with Gasteiger partial charge in [0.15, 0.2) is 0 Å². The second-order valence-electron chi connectivity index (χ2n) is 4.49. The Hall–Kier alpha value is -1.16. The summed E-state index contributed by atoms with van der Waals surface area (Å²) in [6, 6.07) is 1.75. The van der Waals surface area contributed by atoms with Crippen LogP contribution < -0.4 is 0 Å². The summed E-state index contributed by atoms with van der Waals surface area (Å²) >= 11 is 5.94. The predicted octanol–water partition coefficient (Wildman–Crippen LogP) is 2.16. The molecule has 0 spiro atoms. The third-order valence-corrected chi connectivity index (χ3v) is 3.27. The largest absolute Gasteiger partial charge is 0.342 e. The summed E-state index contributed by atoms with van der Waals surface area (Å²) < 4.78 is 0. The second-order valence-corrected chi connectivity index (χ2v) is 4.88. The van der Waals surface area contributed by atoms with Crippen molar-refractivity contribution in [3.8, 4) is 0 Å². The fourth-order valence-electron chi connectivity index (χ4n) is 2.21. The minimum Gasteiger partial charge on any atom is -0.342 e. The molecule has 1 aromatic rings. The fraction of sp³-hybridized carbons (Fsp3) is 0.583. The van der Waals surface area contributed by atoms with Crippen molar-refractivity contribution >= 4 is 17.5 Å². The summed E-state index contributed by atoms with van der Waals surface area (Å²) in [6.07, 6.45) is 2.02. The number of nitrogens with zero attached hydrogens (tertiary/aromatic N) is 3. The Labute approximate surface area is 106 Å². The quantitative estimate of drug-likeness (QED) is 0.721. The molecule has 1 unspecified atom stereocenters. The predicted molar refractivity (Wildman–Crippen MR) is 66.0 cm³/mol. The molecule has 0 N–H and O–H groups in total. The number of halogens is 1. The van der Waals surface area contributed by atoms with Gasteiger partial charge in [-0.25, -0.2) is 9.97 Å². The smallest absolute Gasteiger partial charge is 0.219 e. The second kappa shape index (κ2) is 5.00. The molecule has 2 rings (SSSR count). The number of amides is 1. The first kappa shape index (κ1) is 12.3. The van der Waals surface area contributed by atoms with Gasteiger partial charge in [-0.05, 0) is 25.8 Å². The van der Waals surface area contributed by atoms with E-state index in [1.165, 1.54) is 0 Å². The van der Waals surface area contributed by atoms with Gasteiger partial charge >= 0.3 is 0 Å². The summed E-state index contributed by atoms with van der Waals surface area (Å²) in [5, 5.41) is 0.479. The number of carbonyl (C=O) groups excluding carboxylic acids is 1. The Morgan fingerprint density at radius 2 is 2.29 bits per heavy atom. The molecule has 1 aromatic heterocycles. The lowest BCUT2D eigenvalue weighted by Crippen LogP contribution is -2.38. The lowest BCUT2D eigenvalue weighted by atomic mass is 9.97. The van der Waals surface area contributed by atoms with Gasteiger partial charge in [-0.2, -0.15) is 0 Å². The van der Waals surface area contributed by atoms with Gasteiger partial charge in [-0.1, -0.05) is 11.6 Å². The highest BCUT2D eigenvalue weighted by Gasteiger charge is 2.25. The van der Waals surface area contributed by atoms with E-state index in [-0.39, 0.29) is 11.8 Å². The van der Waals surface area contributed by atoms with Crippen LogP contribution in [0.5, 0.6) is 0 Å². The molecule has 1 aliphatic heterocycles. The molecule has 17 heavy (non-hydrogen) atoms. The molecule has 2 heterocycles. The molecule has 1 saturated heterocycles. The SMILES string of the molecule is CC(=O)N1CCCC(c2nc(C)cc(Cl)n2)C1. The van der Waals surface area contributed by atoms with Crippen molar-refractivity contribution in [2.24, 2.45) is 0 Å². The van der Waals surface area contributed by atoms with Crippen molar-refractivity contribution in [2.45, 2.75) is 32.6 Å². The van der Waals surface area contributed by atoms with Crippen LogP contribution in [0.2, 0.25) is 5.15 Å². The highest BCUT2D eigenvalue weighted by molar-refractivity contribution is 6.29. The zero-order valence-corrected chi connectivity index (χ0v) is 10.9. The van der Waals surface area contributed by atoms with E-state index >= 15 is 0 Å². The Bertz CT molecular complexity index is 416. The fourth-order valence-corrected chi connectivity index (χ4v) is 2.45. The minimum absolute atomic E-state index is 0.119. The molecule has 1 aliphatic rings. The maximum absolute atomic E-state index is 11.4. The number of aryl methyl sites for hydroxylation is 1. The van der Waals surface area contributed by atoms with Crippen LogP contribution in [-0.4, -0.2) is 33.9 Å². The van der Waals surface area contributed by atoms with Gasteiger partial charge in [0.1, 0.15) is 11.0 Å². The molecular formula is C12H16ClN3O.